The summed E-state index contributed by atoms with van der Waals surface area (Å²) in [5.74, 6) is 1.78. The van der Waals surface area contributed by atoms with Crippen LogP contribution in [-0.2, 0) is 6.54 Å². The fourth-order valence-corrected chi connectivity index (χ4v) is 5.79. The Morgan fingerprint density at radius 2 is 1.87 bits per heavy atom. The number of methoxy groups -OCH3 is 1. The third-order valence-corrected chi connectivity index (χ3v) is 7.37. The van der Waals surface area contributed by atoms with Crippen LogP contribution in [0.15, 0.2) is 24.4 Å². The van der Waals surface area contributed by atoms with Crippen LogP contribution in [0.25, 0.3) is 10.9 Å². The molecule has 3 aliphatic rings. The molecule has 0 radical (unpaired) electrons. The Morgan fingerprint density at radius 1 is 1.07 bits per heavy atom. The molecule has 1 saturated carbocycles. The number of para-hydroxylation sites is 1. The van der Waals surface area contributed by atoms with E-state index in [1.165, 1.54) is 51.5 Å². The van der Waals surface area contributed by atoms with Gasteiger partial charge in [0.05, 0.1) is 18.2 Å². The summed E-state index contributed by atoms with van der Waals surface area (Å²) in [6.07, 6.45) is 11.2. The first-order chi connectivity index (χ1) is 14.2. The van der Waals surface area contributed by atoms with E-state index in [1.807, 2.05) is 12.1 Å². The first-order valence-corrected chi connectivity index (χ1v) is 11.4. The van der Waals surface area contributed by atoms with Crippen molar-refractivity contribution in [3.63, 3.8) is 0 Å². The monoisotopic (exact) mass is 431 g/mol. The highest BCUT2D eigenvalue weighted by molar-refractivity contribution is 6.08. The molecule has 30 heavy (non-hydrogen) atoms. The second-order valence-corrected chi connectivity index (χ2v) is 9.14. The van der Waals surface area contributed by atoms with Crippen molar-refractivity contribution in [3.05, 3.63) is 30.0 Å². The lowest BCUT2D eigenvalue weighted by Crippen LogP contribution is -2.56. The summed E-state index contributed by atoms with van der Waals surface area (Å²) >= 11 is 0. The van der Waals surface area contributed by atoms with Gasteiger partial charge in [0.25, 0.3) is 5.91 Å². The van der Waals surface area contributed by atoms with E-state index >= 15 is 0 Å². The number of piperidine rings is 1. The van der Waals surface area contributed by atoms with Gasteiger partial charge in [-0.1, -0.05) is 31.4 Å². The van der Waals surface area contributed by atoms with E-state index in [0.717, 1.165) is 48.4 Å². The first-order valence-electron chi connectivity index (χ1n) is 11.4. The quantitative estimate of drug-likeness (QED) is 0.711. The average molecular weight is 432 g/mol. The van der Waals surface area contributed by atoms with E-state index in [4.69, 9.17) is 4.74 Å². The van der Waals surface area contributed by atoms with Crippen molar-refractivity contribution >= 4 is 29.2 Å². The molecule has 3 heterocycles. The van der Waals surface area contributed by atoms with Gasteiger partial charge in [-0.25, -0.2) is 0 Å². The minimum atomic E-state index is 0. The molecule has 2 saturated heterocycles. The van der Waals surface area contributed by atoms with Crippen LogP contribution >= 0.6 is 12.4 Å². The molecule has 164 valence electrons. The van der Waals surface area contributed by atoms with Crippen LogP contribution in [0.3, 0.4) is 0 Å². The molecule has 1 atom stereocenters. The number of carbonyl (C=O) groups is 1. The Hall–Kier alpha value is -1.72. The predicted octanol–water partition coefficient (Wildman–Crippen LogP) is 4.57. The van der Waals surface area contributed by atoms with Crippen LogP contribution < -0.4 is 4.74 Å². The zero-order valence-electron chi connectivity index (χ0n) is 18.0. The number of benzene rings is 1. The van der Waals surface area contributed by atoms with E-state index < -0.39 is 0 Å². The number of aromatic nitrogens is 1. The van der Waals surface area contributed by atoms with Gasteiger partial charge < -0.3 is 14.2 Å². The molecule has 0 bridgehead atoms. The number of nitrogens with zero attached hydrogens (tertiary/aromatic N) is 3. The van der Waals surface area contributed by atoms with Crippen molar-refractivity contribution in [2.45, 2.75) is 57.5 Å². The standard InChI is InChI=1S/C24H33N3O2.ClH/c1-29-22-11-6-10-20-21(17-27(23(20)22)15-18-7-2-3-8-18)24(28)26-14-13-25-12-5-4-9-19(25)16-26;/h6,10-11,17-19H,2-5,7-9,12-16H2,1H3;1H/t19-;/m0./s1. The SMILES string of the molecule is COc1cccc2c(C(=O)N3CCN4CCCC[C@H]4C3)cn(CC3CCCC3)c12.Cl. The van der Waals surface area contributed by atoms with Crippen LogP contribution in [-0.4, -0.2) is 59.6 Å². The second-order valence-electron chi connectivity index (χ2n) is 9.14. The number of hydrogen-bond donors (Lipinski definition) is 0. The number of amides is 1. The normalized spacial score (nSPS) is 22.7. The van der Waals surface area contributed by atoms with Crippen molar-refractivity contribution in [1.82, 2.24) is 14.4 Å². The van der Waals surface area contributed by atoms with Gasteiger partial charge in [0.15, 0.2) is 0 Å². The zero-order chi connectivity index (χ0) is 19.8. The van der Waals surface area contributed by atoms with E-state index in [9.17, 15) is 4.79 Å². The Bertz CT molecular complexity index is 890. The largest absolute Gasteiger partial charge is 0.495 e. The lowest BCUT2D eigenvalue weighted by molar-refractivity contribution is 0.0374. The summed E-state index contributed by atoms with van der Waals surface area (Å²) in [4.78, 5) is 18.3. The van der Waals surface area contributed by atoms with Crippen LogP contribution in [0.4, 0.5) is 0 Å². The van der Waals surface area contributed by atoms with Gasteiger partial charge in [0.1, 0.15) is 5.75 Å². The molecule has 6 heteroatoms. The number of piperazine rings is 1. The van der Waals surface area contributed by atoms with Crippen LogP contribution in [0.2, 0.25) is 0 Å². The minimum Gasteiger partial charge on any atom is -0.495 e. The predicted molar refractivity (Wildman–Crippen MR) is 123 cm³/mol. The third-order valence-electron chi connectivity index (χ3n) is 7.37. The number of rotatable bonds is 4. The molecule has 0 spiro atoms. The molecule has 1 aromatic heterocycles. The number of hydrogen-bond acceptors (Lipinski definition) is 3. The van der Waals surface area contributed by atoms with Crippen molar-refractivity contribution in [3.8, 4) is 5.75 Å². The van der Waals surface area contributed by atoms with Crippen LogP contribution in [0.1, 0.15) is 55.3 Å². The van der Waals surface area contributed by atoms with Gasteiger partial charge in [-0.3, -0.25) is 9.69 Å². The molecule has 2 aromatic rings. The molecule has 5 nitrogen and oxygen atoms in total. The fraction of sp³-hybridized carbons (Fsp3) is 0.625. The smallest absolute Gasteiger partial charge is 0.256 e. The van der Waals surface area contributed by atoms with Crippen molar-refractivity contribution < 1.29 is 9.53 Å². The second kappa shape index (κ2) is 9.19. The lowest BCUT2D eigenvalue weighted by atomic mass is 9.99. The minimum absolute atomic E-state index is 0. The summed E-state index contributed by atoms with van der Waals surface area (Å²) in [7, 11) is 1.73. The number of carbonyl (C=O) groups excluding carboxylic acids is 1. The molecule has 2 aliphatic heterocycles. The molecule has 3 fully saturated rings. The Morgan fingerprint density at radius 3 is 2.67 bits per heavy atom. The van der Waals surface area contributed by atoms with E-state index in [0.29, 0.717) is 12.0 Å². The summed E-state index contributed by atoms with van der Waals surface area (Å²) in [6.45, 7) is 4.91. The maximum Gasteiger partial charge on any atom is 0.256 e. The molecule has 1 aliphatic carbocycles. The maximum absolute atomic E-state index is 13.6. The molecular weight excluding hydrogens is 398 g/mol. The van der Waals surface area contributed by atoms with Gasteiger partial charge in [-0.15, -0.1) is 12.4 Å². The van der Waals surface area contributed by atoms with Gasteiger partial charge in [0.2, 0.25) is 0 Å². The summed E-state index contributed by atoms with van der Waals surface area (Å²) in [6, 6.07) is 6.66. The topological polar surface area (TPSA) is 37.7 Å². The third kappa shape index (κ3) is 3.94. The van der Waals surface area contributed by atoms with Crippen molar-refractivity contribution in [2.75, 3.05) is 33.3 Å². The Labute approximate surface area is 185 Å². The fourth-order valence-electron chi connectivity index (χ4n) is 5.79. The summed E-state index contributed by atoms with van der Waals surface area (Å²) in [5, 5.41) is 1.04. The van der Waals surface area contributed by atoms with Gasteiger partial charge >= 0.3 is 0 Å². The number of halogens is 1. The van der Waals surface area contributed by atoms with Gasteiger partial charge in [0, 0.05) is 43.8 Å². The highest BCUT2D eigenvalue weighted by atomic mass is 35.5. The van der Waals surface area contributed by atoms with E-state index in [-0.39, 0.29) is 18.3 Å². The lowest BCUT2D eigenvalue weighted by Gasteiger charge is -2.44. The van der Waals surface area contributed by atoms with Gasteiger partial charge in [-0.05, 0) is 44.2 Å². The van der Waals surface area contributed by atoms with Crippen molar-refractivity contribution in [1.29, 1.82) is 0 Å². The Balaban J connectivity index is 0.00000218. The van der Waals surface area contributed by atoms with E-state index in [2.05, 4.69) is 26.6 Å². The number of fused-ring (bicyclic) bond motifs is 2. The van der Waals surface area contributed by atoms with Gasteiger partial charge in [-0.2, -0.15) is 0 Å². The first kappa shape index (κ1) is 21.5. The molecule has 1 amide bonds. The number of ether oxygens (including phenoxy) is 1. The van der Waals surface area contributed by atoms with E-state index in [1.54, 1.807) is 7.11 Å². The molecule has 1 aromatic carbocycles. The highest BCUT2D eigenvalue weighted by Gasteiger charge is 2.32. The van der Waals surface area contributed by atoms with Crippen LogP contribution in [0, 0.1) is 5.92 Å². The van der Waals surface area contributed by atoms with Crippen molar-refractivity contribution in [2.24, 2.45) is 5.92 Å². The maximum atomic E-state index is 13.6. The molecule has 0 unspecified atom stereocenters. The summed E-state index contributed by atoms with van der Waals surface area (Å²) in [5.41, 5.74) is 1.93. The highest BCUT2D eigenvalue weighted by Crippen LogP contribution is 2.34. The van der Waals surface area contributed by atoms with Crippen LogP contribution in [0.5, 0.6) is 5.75 Å². The summed E-state index contributed by atoms with van der Waals surface area (Å²) < 4.78 is 7.99. The molecular formula is C24H34ClN3O2. The molecule has 0 N–H and O–H groups in total. The average Bonchev–Trinajstić information content (AvgIpc) is 3.41. The Kier molecular flexibility index (Phi) is 6.59. The zero-order valence-corrected chi connectivity index (χ0v) is 18.8. The molecule has 5 rings (SSSR count).